The Bertz CT molecular complexity index is 862. The molecule has 0 unspecified atom stereocenters. The van der Waals surface area contributed by atoms with Crippen LogP contribution in [0.25, 0.3) is 0 Å². The maximum absolute atomic E-state index is 12.8. The maximum Gasteiger partial charge on any atom is 0.338 e. The highest BCUT2D eigenvalue weighted by Crippen LogP contribution is 2.38. The maximum atomic E-state index is 12.8. The van der Waals surface area contributed by atoms with Crippen molar-refractivity contribution in [3.8, 4) is 11.5 Å². The van der Waals surface area contributed by atoms with E-state index in [0.29, 0.717) is 23.6 Å². The van der Waals surface area contributed by atoms with Crippen molar-refractivity contribution in [1.82, 2.24) is 4.90 Å². The average molecular weight is 397 g/mol. The molecule has 0 spiro atoms. The van der Waals surface area contributed by atoms with Gasteiger partial charge in [-0.2, -0.15) is 0 Å². The summed E-state index contributed by atoms with van der Waals surface area (Å²) in [5.41, 5.74) is 2.49. The molecule has 0 radical (unpaired) electrons. The number of benzene rings is 2. The molecule has 6 nitrogen and oxygen atoms in total. The zero-order valence-corrected chi connectivity index (χ0v) is 17.1. The van der Waals surface area contributed by atoms with Crippen molar-refractivity contribution in [1.29, 1.82) is 0 Å². The molecule has 0 aliphatic carbocycles. The van der Waals surface area contributed by atoms with Gasteiger partial charge in [-0.05, 0) is 55.2 Å². The number of hydrogen-bond acceptors (Lipinski definition) is 5. The Kier molecular flexibility index (Phi) is 6.75. The number of carbonyl (C=O) groups excluding carboxylic acids is 2. The Hall–Kier alpha value is -3.02. The molecule has 1 aliphatic heterocycles. The normalized spacial score (nSPS) is 15.8. The highest BCUT2D eigenvalue weighted by atomic mass is 16.5. The second-order valence-electron chi connectivity index (χ2n) is 6.98. The summed E-state index contributed by atoms with van der Waals surface area (Å²) in [6.45, 7) is 2.39. The Morgan fingerprint density at radius 3 is 2.48 bits per heavy atom. The molecule has 1 atom stereocenters. The van der Waals surface area contributed by atoms with Gasteiger partial charge in [0.05, 0.1) is 25.8 Å². The highest BCUT2D eigenvalue weighted by molar-refractivity contribution is 5.91. The molecule has 0 N–H and O–H groups in total. The minimum absolute atomic E-state index is 0.130. The number of rotatable bonds is 7. The van der Waals surface area contributed by atoms with Gasteiger partial charge < -0.3 is 19.1 Å². The van der Waals surface area contributed by atoms with Gasteiger partial charge in [0.1, 0.15) is 11.5 Å². The van der Waals surface area contributed by atoms with Gasteiger partial charge in [-0.15, -0.1) is 0 Å². The quantitative estimate of drug-likeness (QED) is 0.665. The second-order valence-corrected chi connectivity index (χ2v) is 6.98. The van der Waals surface area contributed by atoms with Crippen LogP contribution in [0.3, 0.4) is 0 Å². The molecular formula is C23H27NO5. The van der Waals surface area contributed by atoms with Gasteiger partial charge in [0, 0.05) is 12.1 Å². The lowest BCUT2D eigenvalue weighted by molar-refractivity contribution is -0.135. The SMILES string of the molecule is CCc1ccc(C(=O)OCC(=O)N2CCC[C@@H]2c2cc(OC)ccc2OC)cc1. The molecule has 1 fully saturated rings. The number of carbonyl (C=O) groups is 2. The van der Waals surface area contributed by atoms with Gasteiger partial charge in [-0.3, -0.25) is 4.79 Å². The number of amides is 1. The summed E-state index contributed by atoms with van der Waals surface area (Å²) in [7, 11) is 3.22. The van der Waals surface area contributed by atoms with E-state index >= 15 is 0 Å². The van der Waals surface area contributed by atoms with Crippen LogP contribution in [0.4, 0.5) is 0 Å². The third kappa shape index (κ3) is 4.70. The van der Waals surface area contributed by atoms with Gasteiger partial charge in [-0.1, -0.05) is 19.1 Å². The van der Waals surface area contributed by atoms with Gasteiger partial charge in [-0.25, -0.2) is 4.79 Å². The number of hydrogen-bond donors (Lipinski definition) is 0. The lowest BCUT2D eigenvalue weighted by Gasteiger charge is -2.26. The van der Waals surface area contributed by atoms with E-state index < -0.39 is 5.97 Å². The fraction of sp³-hybridized carbons (Fsp3) is 0.391. The van der Waals surface area contributed by atoms with Crippen molar-refractivity contribution >= 4 is 11.9 Å². The number of likely N-dealkylation sites (tertiary alicyclic amines) is 1. The Balaban J connectivity index is 1.68. The predicted molar refractivity (Wildman–Crippen MR) is 109 cm³/mol. The molecular weight excluding hydrogens is 370 g/mol. The lowest BCUT2D eigenvalue weighted by atomic mass is 10.0. The van der Waals surface area contributed by atoms with Crippen molar-refractivity contribution in [2.75, 3.05) is 27.4 Å². The van der Waals surface area contributed by atoms with E-state index in [1.54, 1.807) is 31.3 Å². The number of methoxy groups -OCH3 is 2. The molecule has 1 heterocycles. The summed E-state index contributed by atoms with van der Waals surface area (Å²) in [4.78, 5) is 26.8. The van der Waals surface area contributed by atoms with Crippen molar-refractivity contribution in [2.24, 2.45) is 0 Å². The largest absolute Gasteiger partial charge is 0.497 e. The van der Waals surface area contributed by atoms with Crippen LogP contribution < -0.4 is 9.47 Å². The molecule has 0 bridgehead atoms. The van der Waals surface area contributed by atoms with Crippen LogP contribution in [0, 0.1) is 0 Å². The first-order valence-electron chi connectivity index (χ1n) is 9.84. The first-order valence-corrected chi connectivity index (χ1v) is 9.84. The first kappa shape index (κ1) is 20.7. The fourth-order valence-electron chi connectivity index (χ4n) is 3.66. The fourth-order valence-corrected chi connectivity index (χ4v) is 3.66. The molecule has 2 aromatic carbocycles. The summed E-state index contributed by atoms with van der Waals surface area (Å²) in [6, 6.07) is 12.7. The zero-order valence-electron chi connectivity index (χ0n) is 17.1. The molecule has 154 valence electrons. The van der Waals surface area contributed by atoms with Gasteiger partial charge in [0.25, 0.3) is 5.91 Å². The third-order valence-electron chi connectivity index (χ3n) is 5.29. The van der Waals surface area contributed by atoms with Crippen LogP contribution in [-0.4, -0.2) is 44.1 Å². The van der Waals surface area contributed by atoms with Crippen LogP contribution in [0.1, 0.15) is 47.3 Å². The summed E-state index contributed by atoms with van der Waals surface area (Å²) >= 11 is 0. The van der Waals surface area contributed by atoms with Crippen molar-refractivity contribution in [3.63, 3.8) is 0 Å². The van der Waals surface area contributed by atoms with E-state index in [1.165, 1.54) is 0 Å². The van der Waals surface area contributed by atoms with Gasteiger partial charge in [0.15, 0.2) is 6.61 Å². The second kappa shape index (κ2) is 9.45. The lowest BCUT2D eigenvalue weighted by Crippen LogP contribution is -2.34. The Morgan fingerprint density at radius 1 is 1.07 bits per heavy atom. The molecule has 1 aliphatic rings. The molecule has 29 heavy (non-hydrogen) atoms. The average Bonchev–Trinajstić information content (AvgIpc) is 3.26. The van der Waals surface area contributed by atoms with Crippen LogP contribution in [0.5, 0.6) is 11.5 Å². The minimum Gasteiger partial charge on any atom is -0.497 e. The number of nitrogens with zero attached hydrogens (tertiary/aromatic N) is 1. The Labute approximate surface area is 171 Å². The molecule has 6 heteroatoms. The van der Waals surface area contributed by atoms with Crippen molar-refractivity contribution < 1.29 is 23.8 Å². The first-order chi connectivity index (χ1) is 14.1. The Morgan fingerprint density at radius 2 is 1.83 bits per heavy atom. The summed E-state index contributed by atoms with van der Waals surface area (Å²) in [6.07, 6.45) is 2.60. The standard InChI is InChI=1S/C23H27NO5/c1-4-16-7-9-17(10-8-16)23(26)29-15-22(25)24-13-5-6-20(24)19-14-18(27-2)11-12-21(19)28-3/h7-12,14,20H,4-6,13,15H2,1-3H3/t20-/m1/s1. The summed E-state index contributed by atoms with van der Waals surface area (Å²) in [5, 5.41) is 0. The zero-order chi connectivity index (χ0) is 20.8. The van der Waals surface area contributed by atoms with E-state index in [1.807, 2.05) is 30.3 Å². The molecule has 0 saturated carbocycles. The van der Waals surface area contributed by atoms with Crippen LogP contribution in [-0.2, 0) is 16.0 Å². The number of ether oxygens (including phenoxy) is 3. The smallest absolute Gasteiger partial charge is 0.338 e. The molecule has 0 aromatic heterocycles. The number of aryl methyl sites for hydroxylation is 1. The van der Waals surface area contributed by atoms with Gasteiger partial charge >= 0.3 is 5.97 Å². The van der Waals surface area contributed by atoms with E-state index in [-0.39, 0.29) is 18.6 Å². The van der Waals surface area contributed by atoms with Gasteiger partial charge in [0.2, 0.25) is 0 Å². The van der Waals surface area contributed by atoms with Crippen molar-refractivity contribution in [2.45, 2.75) is 32.2 Å². The molecule has 3 rings (SSSR count). The molecule has 1 amide bonds. The molecule has 1 saturated heterocycles. The number of esters is 1. The van der Waals surface area contributed by atoms with Crippen LogP contribution in [0.2, 0.25) is 0 Å². The van der Waals surface area contributed by atoms with Crippen LogP contribution in [0.15, 0.2) is 42.5 Å². The van der Waals surface area contributed by atoms with E-state index in [0.717, 1.165) is 30.4 Å². The highest BCUT2D eigenvalue weighted by Gasteiger charge is 2.32. The topological polar surface area (TPSA) is 65.1 Å². The van der Waals surface area contributed by atoms with E-state index in [4.69, 9.17) is 14.2 Å². The minimum atomic E-state index is -0.490. The third-order valence-corrected chi connectivity index (χ3v) is 5.29. The summed E-state index contributed by atoms with van der Waals surface area (Å²) in [5.74, 6) is 0.720. The van der Waals surface area contributed by atoms with Crippen molar-refractivity contribution in [3.05, 3.63) is 59.2 Å². The van der Waals surface area contributed by atoms with E-state index in [9.17, 15) is 9.59 Å². The van der Waals surface area contributed by atoms with Crippen LogP contribution >= 0.6 is 0 Å². The molecule has 2 aromatic rings. The summed E-state index contributed by atoms with van der Waals surface area (Å²) < 4.78 is 16.1. The predicted octanol–water partition coefficient (Wildman–Crippen LogP) is 3.79. The monoisotopic (exact) mass is 397 g/mol. The van der Waals surface area contributed by atoms with E-state index in [2.05, 4.69) is 6.92 Å².